The zero-order valence-corrected chi connectivity index (χ0v) is 21.3. The first-order valence-electron chi connectivity index (χ1n) is 9.52. The van der Waals surface area contributed by atoms with Crippen molar-refractivity contribution in [2.24, 2.45) is 0 Å². The molecule has 1 aromatic carbocycles. The average molecular weight is 412 g/mol. The quantitative estimate of drug-likeness (QED) is 0.593. The highest BCUT2D eigenvalue weighted by Gasteiger charge is 2.42. The van der Waals surface area contributed by atoms with Gasteiger partial charge in [-0.05, 0) is 83.9 Å². The highest BCUT2D eigenvalue weighted by atomic mass is 28.5. The monoisotopic (exact) mass is 411 g/mol. The first-order chi connectivity index (χ1) is 11.7. The Bertz CT molecular complexity index is 616. The van der Waals surface area contributed by atoms with Gasteiger partial charge in [-0.3, -0.25) is 4.79 Å². The Labute approximate surface area is 163 Å². The topological polar surface area (TPSA) is 38.8 Å². The molecule has 1 aromatic rings. The van der Waals surface area contributed by atoms with Crippen molar-refractivity contribution in [2.75, 3.05) is 13.1 Å². The third kappa shape index (κ3) is 6.77. The lowest BCUT2D eigenvalue weighted by Crippen LogP contribution is -2.60. The number of hydrogen-bond acceptors (Lipinski definition) is 3. The first kappa shape index (κ1) is 23.3. The van der Waals surface area contributed by atoms with Crippen LogP contribution in [-0.4, -0.2) is 49.1 Å². The standard InChI is InChI=1S/C19H37NO3Si3/c1-11-20(12-2)19(21)17-13-16(3)14-18(15-17)26(10,22-24(4,5)6)23-25(7,8)9/h13-15H,11-12H2,1-10H3. The molecular formula is C19H37NO3Si3. The maximum atomic E-state index is 12.9. The van der Waals surface area contributed by atoms with Crippen molar-refractivity contribution in [3.63, 3.8) is 0 Å². The SMILES string of the molecule is CCN(CC)C(=O)c1cc(C)cc([Si](C)(O[Si](C)(C)C)O[Si](C)(C)C)c1. The van der Waals surface area contributed by atoms with Crippen LogP contribution in [0.25, 0.3) is 0 Å². The number of benzene rings is 1. The number of nitrogens with zero attached hydrogens (tertiary/aromatic N) is 1. The van der Waals surface area contributed by atoms with Crippen LogP contribution >= 0.6 is 0 Å². The Morgan fingerprint density at radius 2 is 1.35 bits per heavy atom. The molecule has 0 aliphatic carbocycles. The maximum absolute atomic E-state index is 12.9. The molecule has 0 aromatic heterocycles. The van der Waals surface area contributed by atoms with E-state index in [1.54, 1.807) is 0 Å². The molecule has 0 aliphatic heterocycles. The summed E-state index contributed by atoms with van der Waals surface area (Å²) in [5, 5.41) is 1.07. The molecule has 0 bridgehead atoms. The van der Waals surface area contributed by atoms with Crippen LogP contribution in [0.15, 0.2) is 18.2 Å². The van der Waals surface area contributed by atoms with Gasteiger partial charge < -0.3 is 13.1 Å². The molecule has 148 valence electrons. The molecule has 4 nitrogen and oxygen atoms in total. The van der Waals surface area contributed by atoms with E-state index in [0.717, 1.165) is 16.3 Å². The van der Waals surface area contributed by atoms with E-state index >= 15 is 0 Å². The molecule has 1 rings (SSSR count). The summed E-state index contributed by atoms with van der Waals surface area (Å²) >= 11 is 0. The van der Waals surface area contributed by atoms with Crippen molar-refractivity contribution in [3.05, 3.63) is 29.3 Å². The van der Waals surface area contributed by atoms with Crippen LogP contribution in [0, 0.1) is 6.92 Å². The third-order valence-electron chi connectivity index (χ3n) is 3.90. The van der Waals surface area contributed by atoms with Gasteiger partial charge in [0.05, 0.1) is 0 Å². The van der Waals surface area contributed by atoms with Gasteiger partial charge in [-0.1, -0.05) is 11.6 Å². The van der Waals surface area contributed by atoms with Gasteiger partial charge in [0.2, 0.25) is 0 Å². The number of hydrogen-bond donors (Lipinski definition) is 0. The van der Waals surface area contributed by atoms with E-state index < -0.39 is 25.2 Å². The highest BCUT2D eigenvalue weighted by Crippen LogP contribution is 2.22. The average Bonchev–Trinajstić information content (AvgIpc) is 2.43. The smallest absolute Gasteiger partial charge is 0.348 e. The van der Waals surface area contributed by atoms with Gasteiger partial charge in [-0.2, -0.15) is 0 Å². The van der Waals surface area contributed by atoms with Crippen LogP contribution in [0.4, 0.5) is 0 Å². The predicted octanol–water partition coefficient (Wildman–Crippen LogP) is 4.46. The summed E-state index contributed by atoms with van der Waals surface area (Å²) in [6, 6.07) is 6.13. The highest BCUT2D eigenvalue weighted by molar-refractivity contribution is 6.94. The van der Waals surface area contributed by atoms with Gasteiger partial charge in [-0.15, -0.1) is 0 Å². The Hall–Kier alpha value is -0.739. The second-order valence-corrected chi connectivity index (χ2v) is 21.5. The Morgan fingerprint density at radius 1 is 0.885 bits per heavy atom. The fraction of sp³-hybridized carbons (Fsp3) is 0.632. The van der Waals surface area contributed by atoms with E-state index in [-0.39, 0.29) is 5.91 Å². The molecule has 7 heteroatoms. The van der Waals surface area contributed by atoms with Crippen molar-refractivity contribution in [2.45, 2.75) is 66.6 Å². The van der Waals surface area contributed by atoms with Crippen LogP contribution < -0.4 is 5.19 Å². The largest absolute Gasteiger partial charge is 0.433 e. The summed E-state index contributed by atoms with van der Waals surface area (Å²) in [5.74, 6) is 0.0808. The molecule has 0 N–H and O–H groups in total. The molecule has 0 saturated heterocycles. The second kappa shape index (κ2) is 8.52. The van der Waals surface area contributed by atoms with Gasteiger partial charge >= 0.3 is 8.56 Å². The number of carbonyl (C=O) groups is 1. The minimum absolute atomic E-state index is 0.0808. The summed E-state index contributed by atoms with van der Waals surface area (Å²) in [4.78, 5) is 14.7. The van der Waals surface area contributed by atoms with E-state index in [4.69, 9.17) is 8.23 Å². The van der Waals surface area contributed by atoms with Crippen molar-refractivity contribution < 1.29 is 13.0 Å². The Morgan fingerprint density at radius 3 is 1.73 bits per heavy atom. The summed E-state index contributed by atoms with van der Waals surface area (Å²) in [6.45, 7) is 22.8. The summed E-state index contributed by atoms with van der Waals surface area (Å²) in [6.07, 6.45) is 0. The summed E-state index contributed by atoms with van der Waals surface area (Å²) in [5.41, 5.74) is 1.82. The molecule has 0 saturated carbocycles. The van der Waals surface area contributed by atoms with Crippen LogP contribution in [0.1, 0.15) is 29.8 Å². The van der Waals surface area contributed by atoms with E-state index in [2.05, 4.69) is 51.9 Å². The third-order valence-corrected chi connectivity index (χ3v) is 13.3. The van der Waals surface area contributed by atoms with E-state index in [1.807, 2.05) is 37.8 Å². The van der Waals surface area contributed by atoms with Gasteiger partial charge in [0.25, 0.3) is 5.91 Å². The lowest BCUT2D eigenvalue weighted by molar-refractivity contribution is 0.0773. The molecule has 0 aliphatic rings. The van der Waals surface area contributed by atoms with E-state index in [9.17, 15) is 4.79 Å². The second-order valence-electron chi connectivity index (χ2n) is 8.94. The molecule has 26 heavy (non-hydrogen) atoms. The zero-order valence-electron chi connectivity index (χ0n) is 18.3. The maximum Gasteiger partial charge on any atom is 0.348 e. The van der Waals surface area contributed by atoms with Gasteiger partial charge in [0.15, 0.2) is 16.6 Å². The number of carbonyl (C=O) groups excluding carboxylic acids is 1. The van der Waals surface area contributed by atoms with Crippen molar-refractivity contribution in [3.8, 4) is 0 Å². The predicted molar refractivity (Wildman–Crippen MR) is 119 cm³/mol. The molecular weight excluding hydrogens is 374 g/mol. The van der Waals surface area contributed by atoms with Crippen LogP contribution in [0.3, 0.4) is 0 Å². The Kier molecular flexibility index (Phi) is 7.63. The van der Waals surface area contributed by atoms with E-state index in [1.165, 1.54) is 0 Å². The van der Waals surface area contributed by atoms with Gasteiger partial charge in [-0.25, -0.2) is 0 Å². The normalized spacial score (nSPS) is 13.0. The summed E-state index contributed by atoms with van der Waals surface area (Å²) < 4.78 is 13.3. The molecule has 0 unspecified atom stereocenters. The van der Waals surface area contributed by atoms with Crippen molar-refractivity contribution >= 4 is 36.3 Å². The molecule has 0 heterocycles. The molecule has 0 radical (unpaired) electrons. The summed E-state index contributed by atoms with van der Waals surface area (Å²) in [7, 11) is -6.23. The van der Waals surface area contributed by atoms with E-state index in [0.29, 0.717) is 13.1 Å². The van der Waals surface area contributed by atoms with Crippen molar-refractivity contribution in [1.29, 1.82) is 0 Å². The molecule has 0 spiro atoms. The minimum atomic E-state index is -2.61. The first-order valence-corrected chi connectivity index (χ1v) is 18.7. The number of amides is 1. The van der Waals surface area contributed by atoms with Crippen LogP contribution in [0.2, 0.25) is 45.8 Å². The van der Waals surface area contributed by atoms with Crippen molar-refractivity contribution in [1.82, 2.24) is 4.90 Å². The molecule has 0 atom stereocenters. The Balaban J connectivity index is 3.45. The van der Waals surface area contributed by atoms with Gasteiger partial charge in [0, 0.05) is 18.7 Å². The zero-order chi connectivity index (χ0) is 20.3. The lowest BCUT2D eigenvalue weighted by atomic mass is 10.1. The fourth-order valence-electron chi connectivity index (χ4n) is 3.17. The van der Waals surface area contributed by atoms with Crippen LogP contribution in [-0.2, 0) is 8.23 Å². The van der Waals surface area contributed by atoms with Gasteiger partial charge in [0.1, 0.15) is 0 Å². The fourth-order valence-corrected chi connectivity index (χ4v) is 14.9. The lowest BCUT2D eigenvalue weighted by Gasteiger charge is -2.39. The van der Waals surface area contributed by atoms with Crippen LogP contribution in [0.5, 0.6) is 0 Å². The number of rotatable bonds is 8. The number of aryl methyl sites for hydroxylation is 1. The molecule has 0 fully saturated rings. The minimum Gasteiger partial charge on any atom is -0.433 e. The molecule has 1 amide bonds.